The van der Waals surface area contributed by atoms with Gasteiger partial charge in [-0.2, -0.15) is 5.10 Å². The molecule has 2 aromatic heterocycles. The molecule has 21 heavy (non-hydrogen) atoms. The summed E-state index contributed by atoms with van der Waals surface area (Å²) in [7, 11) is 0. The van der Waals surface area contributed by atoms with E-state index in [1.165, 1.54) is 4.88 Å². The fourth-order valence-electron chi connectivity index (χ4n) is 2.09. The van der Waals surface area contributed by atoms with Crippen LogP contribution >= 0.6 is 11.3 Å². The maximum atomic E-state index is 4.40. The smallest absolute Gasteiger partial charge is 0.151 e. The molecule has 114 valence electrons. The molecular weight excluding hydrogens is 280 g/mol. The fourth-order valence-corrected chi connectivity index (χ4v) is 2.79. The predicted molar refractivity (Wildman–Crippen MR) is 89.7 cm³/mol. The van der Waals surface area contributed by atoms with E-state index in [-0.39, 0.29) is 0 Å². The molecule has 0 radical (unpaired) electrons. The highest BCUT2D eigenvalue weighted by molar-refractivity contribution is 7.09. The maximum Gasteiger partial charge on any atom is 0.151 e. The number of hydrogen-bond acceptors (Lipinski definition) is 5. The molecule has 0 atom stereocenters. The molecule has 0 unspecified atom stereocenters. The number of aromatic nitrogens is 2. The third-order valence-corrected chi connectivity index (χ3v) is 4.12. The highest BCUT2D eigenvalue weighted by atomic mass is 32.1. The first kappa shape index (κ1) is 15.9. The van der Waals surface area contributed by atoms with Crippen LogP contribution in [0.2, 0.25) is 0 Å². The van der Waals surface area contributed by atoms with Crippen molar-refractivity contribution in [1.29, 1.82) is 0 Å². The Hall–Kier alpha value is -1.46. The predicted octanol–water partition coefficient (Wildman–Crippen LogP) is 3.45. The van der Waals surface area contributed by atoms with Crippen LogP contribution in [-0.2, 0) is 13.1 Å². The highest BCUT2D eigenvalue weighted by Gasteiger charge is 2.13. The maximum absolute atomic E-state index is 4.40. The van der Waals surface area contributed by atoms with Crippen LogP contribution in [0.3, 0.4) is 0 Å². The van der Waals surface area contributed by atoms with E-state index in [4.69, 9.17) is 0 Å². The topological polar surface area (TPSA) is 41.0 Å². The molecule has 0 saturated heterocycles. The van der Waals surface area contributed by atoms with E-state index in [0.29, 0.717) is 6.04 Å². The molecule has 1 N–H and O–H groups in total. The van der Waals surface area contributed by atoms with Crippen LogP contribution in [0.15, 0.2) is 29.6 Å². The van der Waals surface area contributed by atoms with Gasteiger partial charge in [-0.15, -0.1) is 16.4 Å². The van der Waals surface area contributed by atoms with Gasteiger partial charge in [-0.1, -0.05) is 13.0 Å². The summed E-state index contributed by atoms with van der Waals surface area (Å²) in [5.41, 5.74) is 0.993. The zero-order valence-electron chi connectivity index (χ0n) is 13.0. The van der Waals surface area contributed by atoms with Crippen molar-refractivity contribution in [2.24, 2.45) is 0 Å². The van der Waals surface area contributed by atoms with Crippen molar-refractivity contribution in [3.8, 4) is 0 Å². The van der Waals surface area contributed by atoms with E-state index < -0.39 is 0 Å². The van der Waals surface area contributed by atoms with Crippen LogP contribution in [0.5, 0.6) is 0 Å². The van der Waals surface area contributed by atoms with Crippen molar-refractivity contribution in [2.45, 2.75) is 46.3 Å². The van der Waals surface area contributed by atoms with Gasteiger partial charge in [0, 0.05) is 17.5 Å². The molecule has 2 aromatic rings. The van der Waals surface area contributed by atoms with Gasteiger partial charge in [0.25, 0.3) is 0 Å². The Morgan fingerprint density at radius 1 is 1.24 bits per heavy atom. The number of nitrogens with one attached hydrogen (secondary N) is 1. The molecule has 0 spiro atoms. The number of anilines is 1. The van der Waals surface area contributed by atoms with Crippen molar-refractivity contribution in [2.75, 3.05) is 11.4 Å². The molecular formula is C16H24N4S. The van der Waals surface area contributed by atoms with E-state index in [2.05, 4.69) is 70.8 Å². The van der Waals surface area contributed by atoms with E-state index in [1.807, 2.05) is 0 Å². The highest BCUT2D eigenvalue weighted by Crippen LogP contribution is 2.19. The second-order valence-electron chi connectivity index (χ2n) is 5.36. The van der Waals surface area contributed by atoms with Crippen molar-refractivity contribution in [1.82, 2.24) is 15.5 Å². The zero-order valence-corrected chi connectivity index (χ0v) is 13.9. The van der Waals surface area contributed by atoms with Crippen LogP contribution in [0, 0.1) is 0 Å². The van der Waals surface area contributed by atoms with Gasteiger partial charge in [0.05, 0.1) is 12.2 Å². The first-order valence-corrected chi connectivity index (χ1v) is 8.41. The molecule has 0 aliphatic rings. The Morgan fingerprint density at radius 3 is 2.67 bits per heavy atom. The minimum atomic E-state index is 0.394. The Morgan fingerprint density at radius 2 is 2.10 bits per heavy atom. The number of nitrogens with zero attached hydrogens (tertiary/aromatic N) is 3. The normalized spacial score (nSPS) is 11.0. The van der Waals surface area contributed by atoms with Gasteiger partial charge in [0.15, 0.2) is 5.82 Å². The lowest BCUT2D eigenvalue weighted by atomic mass is 10.3. The molecule has 0 aliphatic heterocycles. The molecule has 2 heterocycles. The lowest BCUT2D eigenvalue weighted by Gasteiger charge is -2.26. The Labute approximate surface area is 131 Å². The van der Waals surface area contributed by atoms with E-state index >= 15 is 0 Å². The van der Waals surface area contributed by atoms with Gasteiger partial charge in [-0.3, -0.25) is 0 Å². The van der Waals surface area contributed by atoms with Gasteiger partial charge in [-0.05, 0) is 50.4 Å². The number of thiophene rings is 1. The summed E-state index contributed by atoms with van der Waals surface area (Å²) >= 11 is 1.78. The van der Waals surface area contributed by atoms with Crippen LogP contribution in [0.25, 0.3) is 0 Å². The summed E-state index contributed by atoms with van der Waals surface area (Å²) < 4.78 is 0. The van der Waals surface area contributed by atoms with Crippen molar-refractivity contribution in [3.05, 3.63) is 40.2 Å². The molecule has 0 aromatic carbocycles. The summed E-state index contributed by atoms with van der Waals surface area (Å²) in [6.45, 7) is 9.22. The lowest BCUT2D eigenvalue weighted by Crippen LogP contribution is -2.31. The Bertz CT molecular complexity index is 508. The standard InChI is InChI=1S/C16H24N4S/c1-4-9-17-11-14-7-8-16(19-18-14)20(13(2)3)12-15-6-5-10-21-15/h5-8,10,13,17H,4,9,11-12H2,1-3H3. The first-order chi connectivity index (χ1) is 10.2. The van der Waals surface area contributed by atoms with Crippen LogP contribution in [0.1, 0.15) is 37.8 Å². The molecule has 2 rings (SSSR count). The average Bonchev–Trinajstić information content (AvgIpc) is 2.99. The van der Waals surface area contributed by atoms with Crippen molar-refractivity contribution < 1.29 is 0 Å². The minimum absolute atomic E-state index is 0.394. The molecule has 0 aliphatic carbocycles. The fraction of sp³-hybridized carbons (Fsp3) is 0.500. The largest absolute Gasteiger partial charge is 0.348 e. The molecule has 5 heteroatoms. The quantitative estimate of drug-likeness (QED) is 0.758. The summed E-state index contributed by atoms with van der Waals surface area (Å²) in [5.74, 6) is 0.942. The van der Waals surface area contributed by atoms with Gasteiger partial charge in [-0.25, -0.2) is 0 Å². The third-order valence-electron chi connectivity index (χ3n) is 3.26. The molecule has 0 bridgehead atoms. The second kappa shape index (κ2) is 8.10. The number of rotatable bonds is 8. The zero-order chi connectivity index (χ0) is 15.1. The second-order valence-corrected chi connectivity index (χ2v) is 6.39. The molecule has 0 saturated carbocycles. The Kier molecular flexibility index (Phi) is 6.14. The van der Waals surface area contributed by atoms with Crippen molar-refractivity contribution >= 4 is 17.2 Å². The van der Waals surface area contributed by atoms with Gasteiger partial charge < -0.3 is 10.2 Å². The summed E-state index contributed by atoms with van der Waals surface area (Å²) in [6, 6.07) is 8.78. The lowest BCUT2D eigenvalue weighted by molar-refractivity contribution is 0.644. The summed E-state index contributed by atoms with van der Waals surface area (Å²) in [6.07, 6.45) is 1.13. The van der Waals surface area contributed by atoms with Crippen LogP contribution in [-0.4, -0.2) is 22.8 Å². The summed E-state index contributed by atoms with van der Waals surface area (Å²) in [4.78, 5) is 3.63. The molecule has 0 amide bonds. The average molecular weight is 304 g/mol. The van der Waals surface area contributed by atoms with Crippen molar-refractivity contribution in [3.63, 3.8) is 0 Å². The first-order valence-electron chi connectivity index (χ1n) is 7.53. The minimum Gasteiger partial charge on any atom is -0.348 e. The molecule has 0 fully saturated rings. The van der Waals surface area contributed by atoms with Gasteiger partial charge in [0.1, 0.15) is 0 Å². The molecule has 4 nitrogen and oxygen atoms in total. The monoisotopic (exact) mass is 304 g/mol. The third kappa shape index (κ3) is 4.79. The van der Waals surface area contributed by atoms with E-state index in [9.17, 15) is 0 Å². The van der Waals surface area contributed by atoms with Crippen LogP contribution < -0.4 is 10.2 Å². The SMILES string of the molecule is CCCNCc1ccc(N(Cc2cccs2)C(C)C)nn1. The Balaban J connectivity index is 2.03. The van der Waals surface area contributed by atoms with Crippen LogP contribution in [0.4, 0.5) is 5.82 Å². The van der Waals surface area contributed by atoms with E-state index in [1.54, 1.807) is 11.3 Å². The van der Waals surface area contributed by atoms with E-state index in [0.717, 1.165) is 37.6 Å². The van der Waals surface area contributed by atoms with Gasteiger partial charge in [0.2, 0.25) is 0 Å². The van der Waals surface area contributed by atoms with Gasteiger partial charge >= 0.3 is 0 Å². The number of hydrogen-bond donors (Lipinski definition) is 1. The summed E-state index contributed by atoms with van der Waals surface area (Å²) in [5, 5.41) is 14.2.